The van der Waals surface area contributed by atoms with Gasteiger partial charge in [-0.2, -0.15) is 0 Å². The van der Waals surface area contributed by atoms with E-state index in [1.807, 2.05) is 56.0 Å². The number of nitrogens with one attached hydrogen (secondary N) is 1. The minimum Gasteiger partial charge on any atom is -0.495 e. The number of carbonyl (C=O) groups is 1. The predicted octanol–water partition coefficient (Wildman–Crippen LogP) is 4.31. The molecule has 0 saturated carbocycles. The van der Waals surface area contributed by atoms with Crippen molar-refractivity contribution >= 4 is 22.4 Å². The van der Waals surface area contributed by atoms with E-state index in [2.05, 4.69) is 15.3 Å². The maximum atomic E-state index is 12.8. The molecule has 0 aliphatic carbocycles. The minimum atomic E-state index is -0.522. The second-order valence-corrected chi connectivity index (χ2v) is 8.24. The van der Waals surface area contributed by atoms with Gasteiger partial charge in [0.1, 0.15) is 17.0 Å². The molecule has 1 amide bonds. The molecule has 0 atom stereocenters. The number of hydrogen-bond donors (Lipinski definition) is 1. The summed E-state index contributed by atoms with van der Waals surface area (Å²) >= 11 is 1.38. The standard InChI is InChI=1S/C21H26N4O3S/c1-14(2)28-21(3,4)18-13-29-20(23-18)24-19(26)16-7-6-10-25(16)12-15-8-9-22-11-17(15)27-5/h6-11,13-14H,12H2,1-5H3,(H,23,24,26). The SMILES string of the molecule is COc1cnccc1Cn1cccc1C(=O)Nc1nc(C(C)(C)OC(C)C)cs1. The maximum Gasteiger partial charge on any atom is 0.274 e. The lowest BCUT2D eigenvalue weighted by atomic mass is 10.1. The number of hydrogen-bond acceptors (Lipinski definition) is 6. The van der Waals surface area contributed by atoms with Gasteiger partial charge in [-0.05, 0) is 45.9 Å². The Labute approximate surface area is 174 Å². The largest absolute Gasteiger partial charge is 0.495 e. The van der Waals surface area contributed by atoms with Gasteiger partial charge in [0.2, 0.25) is 0 Å². The van der Waals surface area contributed by atoms with E-state index in [9.17, 15) is 4.79 Å². The zero-order valence-electron chi connectivity index (χ0n) is 17.3. The molecule has 0 bridgehead atoms. The Balaban J connectivity index is 1.74. The Morgan fingerprint density at radius 1 is 1.34 bits per heavy atom. The lowest BCUT2D eigenvalue weighted by Crippen LogP contribution is -2.26. The summed E-state index contributed by atoms with van der Waals surface area (Å²) in [5.41, 5.74) is 1.75. The molecule has 0 saturated heterocycles. The third-order valence-corrected chi connectivity index (χ3v) is 5.12. The number of pyridine rings is 1. The van der Waals surface area contributed by atoms with Gasteiger partial charge in [-0.25, -0.2) is 4.98 Å². The molecule has 1 N–H and O–H groups in total. The van der Waals surface area contributed by atoms with Crippen molar-refractivity contribution in [1.82, 2.24) is 14.5 Å². The highest BCUT2D eigenvalue weighted by atomic mass is 32.1. The number of rotatable bonds is 8. The third kappa shape index (κ3) is 5.02. The van der Waals surface area contributed by atoms with E-state index in [4.69, 9.17) is 9.47 Å². The Morgan fingerprint density at radius 2 is 2.14 bits per heavy atom. The van der Waals surface area contributed by atoms with Gasteiger partial charge in [0.25, 0.3) is 5.91 Å². The van der Waals surface area contributed by atoms with Gasteiger partial charge in [-0.3, -0.25) is 15.1 Å². The Hall–Kier alpha value is -2.71. The average Bonchev–Trinajstić information content (AvgIpc) is 3.31. The monoisotopic (exact) mass is 414 g/mol. The van der Waals surface area contributed by atoms with E-state index in [1.54, 1.807) is 25.6 Å². The Kier molecular flexibility index (Phi) is 6.34. The van der Waals surface area contributed by atoms with Crippen molar-refractivity contribution in [2.24, 2.45) is 0 Å². The molecule has 0 spiro atoms. The second-order valence-electron chi connectivity index (χ2n) is 7.38. The van der Waals surface area contributed by atoms with E-state index in [1.165, 1.54) is 11.3 Å². The van der Waals surface area contributed by atoms with Crippen LogP contribution in [0.4, 0.5) is 5.13 Å². The summed E-state index contributed by atoms with van der Waals surface area (Å²) in [6.45, 7) is 8.42. The summed E-state index contributed by atoms with van der Waals surface area (Å²) in [6.07, 6.45) is 5.32. The molecular formula is C21H26N4O3S. The van der Waals surface area contributed by atoms with Crippen LogP contribution in [-0.2, 0) is 16.9 Å². The highest BCUT2D eigenvalue weighted by molar-refractivity contribution is 7.14. The fourth-order valence-electron chi connectivity index (χ4n) is 3.08. The number of methoxy groups -OCH3 is 1. The summed E-state index contributed by atoms with van der Waals surface area (Å²) in [5.74, 6) is 0.469. The summed E-state index contributed by atoms with van der Waals surface area (Å²) in [5, 5.41) is 5.35. The van der Waals surface area contributed by atoms with E-state index < -0.39 is 5.60 Å². The van der Waals surface area contributed by atoms with Crippen molar-refractivity contribution in [3.63, 3.8) is 0 Å². The smallest absolute Gasteiger partial charge is 0.274 e. The fraction of sp³-hybridized carbons (Fsp3) is 0.381. The number of amides is 1. The van der Waals surface area contributed by atoms with Crippen LogP contribution < -0.4 is 10.1 Å². The molecule has 7 nitrogen and oxygen atoms in total. The molecule has 0 aliphatic rings. The average molecular weight is 415 g/mol. The number of nitrogens with zero attached hydrogens (tertiary/aromatic N) is 3. The summed E-state index contributed by atoms with van der Waals surface area (Å²) in [6, 6.07) is 5.50. The number of ether oxygens (including phenoxy) is 2. The molecule has 3 aromatic rings. The first kappa shape index (κ1) is 21.0. The summed E-state index contributed by atoms with van der Waals surface area (Å²) in [7, 11) is 1.61. The molecule has 3 rings (SSSR count). The van der Waals surface area contributed by atoms with Gasteiger partial charge < -0.3 is 14.0 Å². The number of anilines is 1. The Bertz CT molecular complexity index is 978. The second kappa shape index (κ2) is 8.75. The van der Waals surface area contributed by atoms with E-state index in [0.717, 1.165) is 11.3 Å². The van der Waals surface area contributed by atoms with Crippen molar-refractivity contribution in [2.75, 3.05) is 12.4 Å². The molecule has 3 heterocycles. The normalized spacial score (nSPS) is 11.7. The minimum absolute atomic E-state index is 0.0817. The zero-order valence-corrected chi connectivity index (χ0v) is 18.1. The van der Waals surface area contributed by atoms with Crippen LogP contribution in [-0.4, -0.2) is 33.7 Å². The maximum absolute atomic E-state index is 12.8. The van der Waals surface area contributed by atoms with Gasteiger partial charge >= 0.3 is 0 Å². The topological polar surface area (TPSA) is 78.3 Å². The van der Waals surface area contributed by atoms with Crippen molar-refractivity contribution in [3.8, 4) is 5.75 Å². The fourth-order valence-corrected chi connectivity index (χ4v) is 3.95. The van der Waals surface area contributed by atoms with Crippen LogP contribution in [0.25, 0.3) is 0 Å². The molecule has 0 radical (unpaired) electrons. The highest BCUT2D eigenvalue weighted by Gasteiger charge is 2.26. The molecule has 0 fully saturated rings. The van der Waals surface area contributed by atoms with Crippen LogP contribution in [0.5, 0.6) is 5.75 Å². The molecule has 0 aromatic carbocycles. The van der Waals surface area contributed by atoms with Crippen LogP contribution in [0, 0.1) is 0 Å². The summed E-state index contributed by atoms with van der Waals surface area (Å²) < 4.78 is 13.2. The number of aromatic nitrogens is 3. The third-order valence-electron chi connectivity index (χ3n) is 4.36. The van der Waals surface area contributed by atoms with E-state index >= 15 is 0 Å². The molecule has 154 valence electrons. The molecular weight excluding hydrogens is 388 g/mol. The van der Waals surface area contributed by atoms with Gasteiger partial charge in [0.15, 0.2) is 5.13 Å². The first-order valence-corrected chi connectivity index (χ1v) is 10.3. The first-order valence-electron chi connectivity index (χ1n) is 9.37. The zero-order chi connectivity index (χ0) is 21.0. The molecule has 8 heteroatoms. The van der Waals surface area contributed by atoms with Crippen LogP contribution in [0.3, 0.4) is 0 Å². The van der Waals surface area contributed by atoms with E-state index in [0.29, 0.717) is 23.1 Å². The van der Waals surface area contributed by atoms with Crippen molar-refractivity contribution < 1.29 is 14.3 Å². The van der Waals surface area contributed by atoms with Gasteiger partial charge in [-0.1, -0.05) is 0 Å². The van der Waals surface area contributed by atoms with Gasteiger partial charge in [0.05, 0.1) is 31.6 Å². The van der Waals surface area contributed by atoms with Crippen molar-refractivity contribution in [3.05, 3.63) is 59.1 Å². The summed E-state index contributed by atoms with van der Waals surface area (Å²) in [4.78, 5) is 21.5. The van der Waals surface area contributed by atoms with Crippen LogP contribution in [0.15, 0.2) is 42.2 Å². The molecule has 3 aromatic heterocycles. The van der Waals surface area contributed by atoms with Crippen molar-refractivity contribution in [1.29, 1.82) is 0 Å². The molecule has 0 aliphatic heterocycles. The predicted molar refractivity (Wildman–Crippen MR) is 114 cm³/mol. The van der Waals surface area contributed by atoms with Crippen LogP contribution in [0.1, 0.15) is 49.4 Å². The van der Waals surface area contributed by atoms with Gasteiger partial charge in [-0.15, -0.1) is 11.3 Å². The lowest BCUT2D eigenvalue weighted by molar-refractivity contribution is -0.0623. The van der Waals surface area contributed by atoms with Gasteiger partial charge in [0, 0.05) is 23.3 Å². The molecule has 0 unspecified atom stereocenters. The first-order chi connectivity index (χ1) is 13.8. The van der Waals surface area contributed by atoms with Crippen molar-refractivity contribution in [2.45, 2.75) is 45.9 Å². The Morgan fingerprint density at radius 3 is 2.86 bits per heavy atom. The lowest BCUT2D eigenvalue weighted by Gasteiger charge is -2.25. The van der Waals surface area contributed by atoms with E-state index in [-0.39, 0.29) is 12.0 Å². The highest BCUT2D eigenvalue weighted by Crippen LogP contribution is 2.29. The van der Waals surface area contributed by atoms with Crippen LogP contribution in [0.2, 0.25) is 0 Å². The molecule has 29 heavy (non-hydrogen) atoms. The number of thiazole rings is 1. The number of carbonyl (C=O) groups excluding carboxylic acids is 1. The quantitative estimate of drug-likeness (QED) is 0.594. The van der Waals surface area contributed by atoms with Crippen LogP contribution >= 0.6 is 11.3 Å².